The Morgan fingerprint density at radius 2 is 1.78 bits per heavy atom. The molecule has 0 radical (unpaired) electrons. The van der Waals surface area contributed by atoms with E-state index in [0.717, 1.165) is 30.0 Å². The third kappa shape index (κ3) is 5.40. The molecule has 1 aliphatic rings. The van der Waals surface area contributed by atoms with Gasteiger partial charge >= 0.3 is 0 Å². The summed E-state index contributed by atoms with van der Waals surface area (Å²) in [4.78, 5) is 4.60. The molecule has 0 unspecified atom stereocenters. The molecule has 2 aromatic rings. The molecule has 0 N–H and O–H groups in total. The van der Waals surface area contributed by atoms with E-state index in [-0.39, 0.29) is 5.82 Å². The van der Waals surface area contributed by atoms with Gasteiger partial charge < -0.3 is 0 Å². The summed E-state index contributed by atoms with van der Waals surface area (Å²) in [6.07, 6.45) is 14.7. The van der Waals surface area contributed by atoms with Crippen molar-refractivity contribution in [3.63, 3.8) is 0 Å². The Morgan fingerprint density at radius 1 is 0.963 bits per heavy atom. The van der Waals surface area contributed by atoms with E-state index in [4.69, 9.17) is 0 Å². The Kier molecular flexibility index (Phi) is 7.43. The van der Waals surface area contributed by atoms with Gasteiger partial charge in [0.05, 0.1) is 5.69 Å². The van der Waals surface area contributed by atoms with E-state index in [9.17, 15) is 4.39 Å². The number of hydrogen-bond acceptors (Lipinski definition) is 1. The van der Waals surface area contributed by atoms with Gasteiger partial charge in [-0.05, 0) is 73.3 Å². The number of aryl methyl sites for hydroxylation is 1. The fourth-order valence-corrected chi connectivity index (χ4v) is 4.48. The maximum Gasteiger partial charge on any atom is 0.132 e. The summed E-state index contributed by atoms with van der Waals surface area (Å²) in [6, 6.07) is 9.74. The van der Waals surface area contributed by atoms with Gasteiger partial charge in [0, 0.05) is 11.8 Å². The zero-order valence-electron chi connectivity index (χ0n) is 17.0. The molecule has 0 saturated heterocycles. The number of rotatable bonds is 8. The van der Waals surface area contributed by atoms with Crippen LogP contribution in [0.5, 0.6) is 0 Å². The topological polar surface area (TPSA) is 12.9 Å². The van der Waals surface area contributed by atoms with Crippen molar-refractivity contribution < 1.29 is 4.39 Å². The van der Waals surface area contributed by atoms with Gasteiger partial charge in [-0.15, -0.1) is 0 Å². The van der Waals surface area contributed by atoms with E-state index in [0.29, 0.717) is 11.5 Å². The van der Waals surface area contributed by atoms with Crippen molar-refractivity contribution in [2.45, 2.75) is 84.0 Å². The average Bonchev–Trinajstić information content (AvgIpc) is 2.69. The Balaban J connectivity index is 1.60. The van der Waals surface area contributed by atoms with Crippen LogP contribution < -0.4 is 0 Å². The normalized spacial score (nSPS) is 20.0. The third-order valence-electron chi connectivity index (χ3n) is 6.17. The minimum atomic E-state index is -0.159. The second-order valence-electron chi connectivity index (χ2n) is 8.25. The molecule has 1 saturated carbocycles. The molecule has 1 fully saturated rings. The maximum atomic E-state index is 14.4. The number of pyridine rings is 1. The number of unbranched alkanes of at least 4 members (excludes halogenated alkanes) is 2. The zero-order valence-corrected chi connectivity index (χ0v) is 17.0. The lowest BCUT2D eigenvalue weighted by molar-refractivity contribution is 0.302. The lowest BCUT2D eigenvalue weighted by Gasteiger charge is -2.28. The van der Waals surface area contributed by atoms with Crippen LogP contribution in [0.1, 0.15) is 88.7 Å². The van der Waals surface area contributed by atoms with Gasteiger partial charge in [-0.2, -0.15) is 0 Å². The van der Waals surface area contributed by atoms with Gasteiger partial charge in [0.15, 0.2) is 0 Å². The van der Waals surface area contributed by atoms with E-state index >= 15 is 0 Å². The molecule has 0 amide bonds. The molecular weight excluding hydrogens is 333 g/mol. The highest BCUT2D eigenvalue weighted by molar-refractivity contribution is 5.60. The van der Waals surface area contributed by atoms with E-state index in [2.05, 4.69) is 24.9 Å². The lowest BCUT2D eigenvalue weighted by atomic mass is 9.77. The summed E-state index contributed by atoms with van der Waals surface area (Å²) < 4.78 is 14.4. The molecular formula is C25H34FN. The molecule has 1 aromatic carbocycles. The quantitative estimate of drug-likeness (QED) is 0.436. The molecule has 1 aromatic heterocycles. The smallest absolute Gasteiger partial charge is 0.132 e. The summed E-state index contributed by atoms with van der Waals surface area (Å²) in [5, 5.41) is 0. The monoisotopic (exact) mass is 367 g/mol. The van der Waals surface area contributed by atoms with E-state index in [1.165, 1.54) is 56.9 Å². The van der Waals surface area contributed by atoms with Crippen LogP contribution in [0.25, 0.3) is 11.3 Å². The third-order valence-corrected chi connectivity index (χ3v) is 6.17. The standard InChI is InChI=1S/C25H34FN/c1-3-5-6-8-19-9-12-21(13-10-19)22-14-16-25(27-18-22)23-15-11-20(7-4-2)17-24(23)26/h11,14-19,21H,3-10,12-13H2,1-2H3/t19-,21-. The first-order chi connectivity index (χ1) is 13.2. The highest BCUT2D eigenvalue weighted by Crippen LogP contribution is 2.38. The van der Waals surface area contributed by atoms with Crippen LogP contribution in [0.15, 0.2) is 36.5 Å². The second kappa shape index (κ2) is 10.0. The predicted molar refractivity (Wildman–Crippen MR) is 112 cm³/mol. The molecule has 1 nitrogen and oxygen atoms in total. The first-order valence-electron chi connectivity index (χ1n) is 11.0. The Morgan fingerprint density at radius 3 is 2.41 bits per heavy atom. The molecule has 0 aliphatic heterocycles. The zero-order chi connectivity index (χ0) is 19.1. The average molecular weight is 368 g/mol. The van der Waals surface area contributed by atoms with E-state index in [1.54, 1.807) is 6.07 Å². The minimum Gasteiger partial charge on any atom is -0.256 e. The molecule has 1 aliphatic carbocycles. The van der Waals surface area contributed by atoms with Gasteiger partial charge in [0.1, 0.15) is 5.82 Å². The number of hydrogen-bond donors (Lipinski definition) is 0. The molecule has 0 bridgehead atoms. The number of benzene rings is 1. The van der Waals surface area contributed by atoms with Gasteiger partial charge in [0.25, 0.3) is 0 Å². The van der Waals surface area contributed by atoms with Gasteiger partial charge in [-0.3, -0.25) is 4.98 Å². The summed E-state index contributed by atoms with van der Waals surface area (Å²) in [5.74, 6) is 1.40. The molecule has 0 atom stereocenters. The molecule has 3 rings (SSSR count). The van der Waals surface area contributed by atoms with Crippen LogP contribution in [-0.4, -0.2) is 4.98 Å². The highest BCUT2D eigenvalue weighted by atomic mass is 19.1. The summed E-state index contributed by atoms with van der Waals surface area (Å²) in [6.45, 7) is 4.39. The van der Waals surface area contributed by atoms with Crippen molar-refractivity contribution >= 4 is 0 Å². The van der Waals surface area contributed by atoms with E-state index < -0.39 is 0 Å². The predicted octanol–water partition coefficient (Wildman–Crippen LogP) is 7.69. The SMILES string of the molecule is CCCCC[C@H]1CC[C@H](c2ccc(-c3ccc(CCC)cc3F)nc2)CC1. The highest BCUT2D eigenvalue weighted by Gasteiger charge is 2.22. The molecule has 1 heterocycles. The summed E-state index contributed by atoms with van der Waals surface area (Å²) in [5.41, 5.74) is 3.74. The number of aromatic nitrogens is 1. The number of halogens is 1. The van der Waals surface area contributed by atoms with Gasteiger partial charge in [-0.25, -0.2) is 4.39 Å². The Hall–Kier alpha value is -1.70. The molecule has 146 valence electrons. The fourth-order valence-electron chi connectivity index (χ4n) is 4.48. The molecule has 2 heteroatoms. The Labute approximate surface area is 164 Å². The fraction of sp³-hybridized carbons (Fsp3) is 0.560. The lowest BCUT2D eigenvalue weighted by Crippen LogP contribution is -2.13. The van der Waals surface area contributed by atoms with Crippen LogP contribution in [0.4, 0.5) is 4.39 Å². The molecule has 0 spiro atoms. The maximum absolute atomic E-state index is 14.4. The molecule has 27 heavy (non-hydrogen) atoms. The van der Waals surface area contributed by atoms with E-state index in [1.807, 2.05) is 24.4 Å². The van der Waals surface area contributed by atoms with Crippen molar-refractivity contribution in [1.29, 1.82) is 0 Å². The van der Waals surface area contributed by atoms with Crippen molar-refractivity contribution in [2.24, 2.45) is 5.92 Å². The summed E-state index contributed by atoms with van der Waals surface area (Å²) in [7, 11) is 0. The Bertz CT molecular complexity index is 699. The van der Waals surface area contributed by atoms with Crippen LogP contribution in [0, 0.1) is 11.7 Å². The van der Waals surface area contributed by atoms with Gasteiger partial charge in [0.2, 0.25) is 0 Å². The van der Waals surface area contributed by atoms with Crippen molar-refractivity contribution in [2.75, 3.05) is 0 Å². The van der Waals surface area contributed by atoms with Crippen LogP contribution in [0.3, 0.4) is 0 Å². The minimum absolute atomic E-state index is 0.159. The summed E-state index contributed by atoms with van der Waals surface area (Å²) >= 11 is 0. The number of nitrogens with zero attached hydrogens (tertiary/aromatic N) is 1. The largest absolute Gasteiger partial charge is 0.256 e. The first-order valence-corrected chi connectivity index (χ1v) is 11.0. The van der Waals surface area contributed by atoms with Crippen molar-refractivity contribution in [3.8, 4) is 11.3 Å². The van der Waals surface area contributed by atoms with Crippen LogP contribution >= 0.6 is 0 Å². The van der Waals surface area contributed by atoms with Gasteiger partial charge in [-0.1, -0.05) is 58.1 Å². The second-order valence-corrected chi connectivity index (χ2v) is 8.25. The van der Waals surface area contributed by atoms with Crippen LogP contribution in [-0.2, 0) is 6.42 Å². The first kappa shape index (κ1) is 20.0. The van der Waals surface area contributed by atoms with Crippen LogP contribution in [0.2, 0.25) is 0 Å². The van der Waals surface area contributed by atoms with Crippen molar-refractivity contribution in [1.82, 2.24) is 4.98 Å². The van der Waals surface area contributed by atoms with Crippen molar-refractivity contribution in [3.05, 3.63) is 53.5 Å².